The first-order valence-electron chi connectivity index (χ1n) is 6.19. The van der Waals surface area contributed by atoms with Crippen LogP contribution in [0.4, 0.5) is 5.69 Å². The van der Waals surface area contributed by atoms with Crippen LogP contribution >= 0.6 is 11.8 Å². The molecule has 0 atom stereocenters. The van der Waals surface area contributed by atoms with Crippen molar-refractivity contribution >= 4 is 37.3 Å². The Bertz CT molecular complexity index is 873. The molecule has 0 amide bonds. The van der Waals surface area contributed by atoms with Gasteiger partial charge in [0.15, 0.2) is 9.84 Å². The zero-order valence-electron chi connectivity index (χ0n) is 12.0. The molecule has 2 aromatic rings. The summed E-state index contributed by atoms with van der Waals surface area (Å²) in [6.07, 6.45) is 2.97. The van der Waals surface area contributed by atoms with Crippen molar-refractivity contribution in [2.45, 2.75) is 14.7 Å². The molecule has 2 rings (SSSR count). The summed E-state index contributed by atoms with van der Waals surface area (Å²) in [5.41, 5.74) is 0.457. The highest BCUT2D eigenvalue weighted by atomic mass is 32.2. The molecule has 2 aromatic carbocycles. The molecule has 0 fully saturated rings. The fourth-order valence-corrected chi connectivity index (χ4v) is 3.91. The second kappa shape index (κ2) is 6.31. The fraction of sp³-hybridized carbons (Fsp3) is 0.143. The van der Waals surface area contributed by atoms with Gasteiger partial charge in [-0.2, -0.15) is 0 Å². The van der Waals surface area contributed by atoms with Gasteiger partial charge in [0.2, 0.25) is 0 Å². The first kappa shape index (κ1) is 16.9. The number of sulfone groups is 1. The molecule has 118 valence electrons. The van der Waals surface area contributed by atoms with Gasteiger partial charge in [-0.05, 0) is 48.7 Å². The number of nitrogens with one attached hydrogen (secondary N) is 1. The van der Waals surface area contributed by atoms with Gasteiger partial charge in [0, 0.05) is 16.8 Å². The number of hydrogen-bond acceptors (Lipinski definition) is 5. The molecule has 1 N–H and O–H groups in total. The SMILES string of the molecule is CSc1cccc(NS(=O)(=O)c2ccc(S(C)(=O)=O)cc2)c1. The molecule has 0 bridgehead atoms. The van der Waals surface area contributed by atoms with Crippen LogP contribution in [0, 0.1) is 0 Å². The second-order valence-electron chi connectivity index (χ2n) is 4.58. The summed E-state index contributed by atoms with van der Waals surface area (Å²) in [5.74, 6) is 0. The van der Waals surface area contributed by atoms with E-state index in [0.29, 0.717) is 5.69 Å². The Hall–Kier alpha value is -1.51. The standard InChI is InChI=1S/C14H15NO4S3/c1-20-12-5-3-4-11(10-12)15-22(18,19)14-8-6-13(7-9-14)21(2,16)17/h3-10,15H,1-2H3. The van der Waals surface area contributed by atoms with Gasteiger partial charge in [-0.15, -0.1) is 11.8 Å². The number of benzene rings is 2. The minimum atomic E-state index is -3.75. The molecule has 0 saturated heterocycles. The van der Waals surface area contributed by atoms with Gasteiger partial charge >= 0.3 is 0 Å². The molecule has 0 unspecified atom stereocenters. The highest BCUT2D eigenvalue weighted by molar-refractivity contribution is 7.98. The van der Waals surface area contributed by atoms with E-state index in [1.807, 2.05) is 12.3 Å². The smallest absolute Gasteiger partial charge is 0.261 e. The van der Waals surface area contributed by atoms with Crippen molar-refractivity contribution in [1.82, 2.24) is 0 Å². The summed E-state index contributed by atoms with van der Waals surface area (Å²) in [4.78, 5) is 1.03. The van der Waals surface area contributed by atoms with Crippen LogP contribution in [0.3, 0.4) is 0 Å². The molecular formula is C14H15NO4S3. The number of thioether (sulfide) groups is 1. The van der Waals surface area contributed by atoms with Crippen LogP contribution in [0.5, 0.6) is 0 Å². The third-order valence-corrected chi connectivity index (χ3v) is 6.14. The minimum Gasteiger partial charge on any atom is -0.280 e. The van der Waals surface area contributed by atoms with E-state index in [1.54, 1.807) is 18.2 Å². The number of anilines is 1. The molecule has 0 radical (unpaired) electrons. The lowest BCUT2D eigenvalue weighted by Gasteiger charge is -2.09. The van der Waals surface area contributed by atoms with Crippen LogP contribution in [0.1, 0.15) is 0 Å². The van der Waals surface area contributed by atoms with Crippen LogP contribution in [0.25, 0.3) is 0 Å². The molecule has 0 aliphatic heterocycles. The average Bonchev–Trinajstić information content (AvgIpc) is 2.46. The lowest BCUT2D eigenvalue weighted by Crippen LogP contribution is -2.13. The van der Waals surface area contributed by atoms with Gasteiger partial charge in [-0.25, -0.2) is 16.8 Å². The topological polar surface area (TPSA) is 80.3 Å². The van der Waals surface area contributed by atoms with Crippen molar-refractivity contribution in [2.24, 2.45) is 0 Å². The Balaban J connectivity index is 2.30. The van der Waals surface area contributed by atoms with Crippen LogP contribution in [-0.2, 0) is 19.9 Å². The summed E-state index contributed by atoms with van der Waals surface area (Å²) >= 11 is 1.51. The molecule has 0 aliphatic rings. The van der Waals surface area contributed by atoms with E-state index >= 15 is 0 Å². The van der Waals surface area contributed by atoms with E-state index in [9.17, 15) is 16.8 Å². The number of rotatable bonds is 5. The third kappa shape index (κ3) is 4.02. The summed E-state index contributed by atoms with van der Waals surface area (Å²) in [5, 5.41) is 0. The van der Waals surface area contributed by atoms with Gasteiger partial charge < -0.3 is 0 Å². The van der Waals surface area contributed by atoms with Crippen molar-refractivity contribution in [2.75, 3.05) is 17.2 Å². The van der Waals surface area contributed by atoms with E-state index < -0.39 is 19.9 Å². The maximum absolute atomic E-state index is 12.3. The molecule has 0 aromatic heterocycles. The Morgan fingerprint density at radius 3 is 2.05 bits per heavy atom. The molecular weight excluding hydrogens is 342 g/mol. The minimum absolute atomic E-state index is 0.00875. The lowest BCUT2D eigenvalue weighted by molar-refractivity contribution is 0.597. The first-order valence-corrected chi connectivity index (χ1v) is 10.8. The predicted molar refractivity (Wildman–Crippen MR) is 88.6 cm³/mol. The summed E-state index contributed by atoms with van der Waals surface area (Å²) in [7, 11) is -7.11. The van der Waals surface area contributed by atoms with Gasteiger partial charge in [-0.3, -0.25) is 4.72 Å². The summed E-state index contributed by atoms with van der Waals surface area (Å²) in [6, 6.07) is 12.1. The predicted octanol–water partition coefficient (Wildman–Crippen LogP) is 2.61. The molecule has 0 heterocycles. The zero-order valence-corrected chi connectivity index (χ0v) is 14.4. The van der Waals surface area contributed by atoms with E-state index in [2.05, 4.69) is 4.72 Å². The van der Waals surface area contributed by atoms with Crippen LogP contribution in [0.15, 0.2) is 63.2 Å². The quantitative estimate of drug-likeness (QED) is 0.832. The highest BCUT2D eigenvalue weighted by Gasteiger charge is 2.16. The van der Waals surface area contributed by atoms with Crippen molar-refractivity contribution in [1.29, 1.82) is 0 Å². The number of sulfonamides is 1. The highest BCUT2D eigenvalue weighted by Crippen LogP contribution is 2.22. The molecule has 0 saturated carbocycles. The van der Waals surface area contributed by atoms with Crippen molar-refractivity contribution in [3.63, 3.8) is 0 Å². The fourth-order valence-electron chi connectivity index (χ4n) is 1.77. The van der Waals surface area contributed by atoms with E-state index in [1.165, 1.54) is 36.0 Å². The summed E-state index contributed by atoms with van der Waals surface area (Å²) in [6.45, 7) is 0. The summed E-state index contributed by atoms with van der Waals surface area (Å²) < 4.78 is 49.8. The van der Waals surface area contributed by atoms with Gasteiger partial charge in [0.1, 0.15) is 0 Å². The monoisotopic (exact) mass is 357 g/mol. The maximum Gasteiger partial charge on any atom is 0.261 e. The molecule has 0 aliphatic carbocycles. The molecule has 5 nitrogen and oxygen atoms in total. The Labute approximate surface area is 134 Å². The molecule has 22 heavy (non-hydrogen) atoms. The maximum atomic E-state index is 12.3. The Morgan fingerprint density at radius 1 is 0.909 bits per heavy atom. The van der Waals surface area contributed by atoms with Crippen molar-refractivity contribution < 1.29 is 16.8 Å². The second-order valence-corrected chi connectivity index (χ2v) is 9.16. The molecule has 8 heteroatoms. The third-order valence-electron chi connectivity index (χ3n) is 2.88. The largest absolute Gasteiger partial charge is 0.280 e. The van der Waals surface area contributed by atoms with Crippen LogP contribution in [0.2, 0.25) is 0 Å². The van der Waals surface area contributed by atoms with Crippen LogP contribution in [-0.4, -0.2) is 29.3 Å². The van der Waals surface area contributed by atoms with E-state index in [4.69, 9.17) is 0 Å². The van der Waals surface area contributed by atoms with Crippen LogP contribution < -0.4 is 4.72 Å². The van der Waals surface area contributed by atoms with Crippen molar-refractivity contribution in [3.8, 4) is 0 Å². The lowest BCUT2D eigenvalue weighted by atomic mass is 10.3. The van der Waals surface area contributed by atoms with E-state index in [0.717, 1.165) is 11.2 Å². The van der Waals surface area contributed by atoms with Crippen molar-refractivity contribution in [3.05, 3.63) is 48.5 Å². The van der Waals surface area contributed by atoms with Gasteiger partial charge in [0.25, 0.3) is 10.0 Å². The normalized spacial score (nSPS) is 12.1. The van der Waals surface area contributed by atoms with Gasteiger partial charge in [0.05, 0.1) is 9.79 Å². The first-order chi connectivity index (χ1) is 10.2. The molecule has 0 spiro atoms. The Morgan fingerprint density at radius 2 is 1.50 bits per heavy atom. The zero-order chi connectivity index (χ0) is 16.4. The average molecular weight is 357 g/mol. The van der Waals surface area contributed by atoms with Gasteiger partial charge in [-0.1, -0.05) is 6.07 Å². The van der Waals surface area contributed by atoms with E-state index in [-0.39, 0.29) is 9.79 Å². The number of hydrogen-bond donors (Lipinski definition) is 1. The Kier molecular flexibility index (Phi) is 4.84.